The fraction of sp³-hybridized carbons (Fsp3) is 1.00. The van der Waals surface area contributed by atoms with Crippen LogP contribution in [0.3, 0.4) is 0 Å². The van der Waals surface area contributed by atoms with Gasteiger partial charge in [0.1, 0.15) is 4.84 Å². The summed E-state index contributed by atoms with van der Waals surface area (Å²) in [5.74, 6) is 5.58. The Labute approximate surface area is 215 Å². The first-order chi connectivity index (χ1) is 15.2. The molecule has 5 unspecified atom stereocenters. The highest BCUT2D eigenvalue weighted by Crippen LogP contribution is 2.78. The first-order valence-electron chi connectivity index (χ1n) is 14.5. The van der Waals surface area contributed by atoms with E-state index in [1.807, 2.05) is 0 Å². The van der Waals surface area contributed by atoms with E-state index in [9.17, 15) is 0 Å². The predicted octanol–water partition coefficient (Wildman–Crippen LogP) is 10.2. The third kappa shape index (κ3) is 3.20. The second kappa shape index (κ2) is 7.79. The van der Waals surface area contributed by atoms with Crippen LogP contribution in [-0.2, 0) is 0 Å². The van der Waals surface area contributed by atoms with Crippen molar-refractivity contribution in [2.75, 3.05) is 0 Å². The molecule has 0 bridgehead atoms. The summed E-state index contributed by atoms with van der Waals surface area (Å²) in [6, 6.07) is 0. The SMILES string of the molecule is CC(C)[C@H]1CC[C@]2(C)CC[C@]3(C)C(CCC4[C@@]5(C)C(C(Cl)Cl)CCC(C)(C)C5CC[C@]43C)C12. The van der Waals surface area contributed by atoms with E-state index in [-0.39, 0.29) is 10.3 Å². The van der Waals surface area contributed by atoms with Crippen molar-refractivity contribution in [1.82, 2.24) is 0 Å². The number of halogens is 2. The summed E-state index contributed by atoms with van der Waals surface area (Å²) >= 11 is 13.6. The lowest BCUT2D eigenvalue weighted by atomic mass is 9.31. The Morgan fingerprint density at radius 1 is 0.667 bits per heavy atom. The van der Waals surface area contributed by atoms with Crippen molar-refractivity contribution >= 4 is 23.2 Å². The number of hydrogen-bond acceptors (Lipinski definition) is 0. The van der Waals surface area contributed by atoms with E-state index < -0.39 is 0 Å². The molecule has 0 saturated heterocycles. The third-order valence-corrected chi connectivity index (χ3v) is 14.7. The third-order valence-electron chi connectivity index (χ3n) is 14.1. The molecule has 0 nitrogen and oxygen atoms in total. The maximum Gasteiger partial charge on any atom is 0.111 e. The summed E-state index contributed by atoms with van der Waals surface area (Å²) in [5.41, 5.74) is 2.15. The lowest BCUT2D eigenvalue weighted by Crippen LogP contribution is -2.67. The predicted molar refractivity (Wildman–Crippen MR) is 144 cm³/mol. The van der Waals surface area contributed by atoms with Gasteiger partial charge in [-0.2, -0.15) is 0 Å². The average Bonchev–Trinajstić information content (AvgIpc) is 3.06. The molecule has 10 atom stereocenters. The van der Waals surface area contributed by atoms with Crippen LogP contribution in [0.15, 0.2) is 0 Å². The number of hydrogen-bond donors (Lipinski definition) is 0. The van der Waals surface area contributed by atoms with Crippen LogP contribution in [-0.4, -0.2) is 4.84 Å². The van der Waals surface area contributed by atoms with Crippen molar-refractivity contribution in [3.63, 3.8) is 0 Å². The maximum atomic E-state index is 6.82. The summed E-state index contributed by atoms with van der Waals surface area (Å²) < 4.78 is 0. The Kier molecular flexibility index (Phi) is 5.96. The van der Waals surface area contributed by atoms with E-state index in [1.54, 1.807) is 0 Å². The van der Waals surface area contributed by atoms with Gasteiger partial charge in [-0.1, -0.05) is 55.4 Å². The van der Waals surface area contributed by atoms with E-state index in [0.29, 0.717) is 27.6 Å². The smallest absolute Gasteiger partial charge is 0.105 e. The highest BCUT2D eigenvalue weighted by molar-refractivity contribution is 6.44. The fourth-order valence-corrected chi connectivity index (χ4v) is 13.0. The molecule has 0 aromatic carbocycles. The van der Waals surface area contributed by atoms with Crippen LogP contribution < -0.4 is 0 Å². The molecule has 0 aromatic heterocycles. The molecule has 5 fully saturated rings. The van der Waals surface area contributed by atoms with Gasteiger partial charge < -0.3 is 0 Å². The van der Waals surface area contributed by atoms with Gasteiger partial charge in [0.25, 0.3) is 0 Å². The molecule has 5 aliphatic carbocycles. The average molecular weight is 496 g/mol. The molecule has 0 heterocycles. The van der Waals surface area contributed by atoms with Gasteiger partial charge in [0.15, 0.2) is 0 Å². The van der Waals surface area contributed by atoms with Gasteiger partial charge in [-0.3, -0.25) is 0 Å². The van der Waals surface area contributed by atoms with Gasteiger partial charge >= 0.3 is 0 Å². The minimum atomic E-state index is -0.226. The molecule has 2 heteroatoms. The molecule has 5 rings (SSSR count). The normalized spacial score (nSPS) is 55.6. The molecular weight excluding hydrogens is 443 g/mol. The lowest BCUT2D eigenvalue weighted by Gasteiger charge is -2.74. The molecule has 0 amide bonds. The van der Waals surface area contributed by atoms with E-state index in [2.05, 4.69) is 55.4 Å². The van der Waals surface area contributed by atoms with Crippen molar-refractivity contribution in [2.45, 2.75) is 124 Å². The molecular formula is C31H52Cl2. The first kappa shape index (κ1) is 25.2. The van der Waals surface area contributed by atoms with Crippen LogP contribution in [0.5, 0.6) is 0 Å². The Bertz CT molecular complexity index is 771. The van der Waals surface area contributed by atoms with Gasteiger partial charge in [0.2, 0.25) is 0 Å². The van der Waals surface area contributed by atoms with Gasteiger partial charge in [0.05, 0.1) is 0 Å². The van der Waals surface area contributed by atoms with Gasteiger partial charge in [0, 0.05) is 0 Å². The zero-order chi connectivity index (χ0) is 24.2. The van der Waals surface area contributed by atoms with Crippen LogP contribution >= 0.6 is 23.2 Å². The zero-order valence-electron chi connectivity index (χ0n) is 22.9. The minimum Gasteiger partial charge on any atom is -0.105 e. The summed E-state index contributed by atoms with van der Waals surface area (Å²) in [7, 11) is 0. The van der Waals surface area contributed by atoms with E-state index >= 15 is 0 Å². The fourth-order valence-electron chi connectivity index (χ4n) is 12.2. The quantitative estimate of drug-likeness (QED) is 0.334. The van der Waals surface area contributed by atoms with Crippen molar-refractivity contribution in [1.29, 1.82) is 0 Å². The van der Waals surface area contributed by atoms with Crippen LogP contribution in [0.2, 0.25) is 0 Å². The minimum absolute atomic E-state index is 0.226. The summed E-state index contributed by atoms with van der Waals surface area (Å²) in [6.07, 6.45) is 14.0. The molecule has 33 heavy (non-hydrogen) atoms. The zero-order valence-corrected chi connectivity index (χ0v) is 24.5. The van der Waals surface area contributed by atoms with Gasteiger partial charge in [-0.15, -0.1) is 23.2 Å². The Balaban J connectivity index is 1.58. The van der Waals surface area contributed by atoms with Crippen molar-refractivity contribution in [3.8, 4) is 0 Å². The largest absolute Gasteiger partial charge is 0.111 e. The van der Waals surface area contributed by atoms with E-state index in [4.69, 9.17) is 23.2 Å². The van der Waals surface area contributed by atoms with E-state index in [1.165, 1.54) is 64.2 Å². The van der Waals surface area contributed by atoms with Gasteiger partial charge in [-0.25, -0.2) is 0 Å². The number of rotatable bonds is 2. The van der Waals surface area contributed by atoms with E-state index in [0.717, 1.165) is 35.5 Å². The Morgan fingerprint density at radius 3 is 2.00 bits per heavy atom. The summed E-state index contributed by atoms with van der Waals surface area (Å²) in [4.78, 5) is -0.226. The monoisotopic (exact) mass is 494 g/mol. The molecule has 0 aliphatic heterocycles. The highest BCUT2D eigenvalue weighted by Gasteiger charge is 2.71. The van der Waals surface area contributed by atoms with Crippen LogP contribution in [0.4, 0.5) is 0 Å². The molecule has 0 N–H and O–H groups in total. The molecule has 5 aliphatic rings. The lowest BCUT2D eigenvalue weighted by molar-refractivity contribution is -0.249. The second-order valence-corrected chi connectivity index (χ2v) is 16.8. The number of alkyl halides is 2. The maximum absolute atomic E-state index is 6.82. The van der Waals surface area contributed by atoms with Gasteiger partial charge in [-0.05, 0) is 133 Å². The Hall–Kier alpha value is 0.580. The highest BCUT2D eigenvalue weighted by atomic mass is 35.5. The summed E-state index contributed by atoms with van der Waals surface area (Å²) in [6.45, 7) is 21.0. The van der Waals surface area contributed by atoms with Crippen LogP contribution in [0.1, 0.15) is 120 Å². The van der Waals surface area contributed by atoms with Crippen LogP contribution in [0, 0.1) is 68.5 Å². The Morgan fingerprint density at radius 2 is 1.36 bits per heavy atom. The second-order valence-electron chi connectivity index (χ2n) is 15.6. The first-order valence-corrected chi connectivity index (χ1v) is 15.4. The van der Waals surface area contributed by atoms with Crippen LogP contribution in [0.25, 0.3) is 0 Å². The van der Waals surface area contributed by atoms with Crippen molar-refractivity contribution < 1.29 is 0 Å². The standard InChI is InChI=1S/C31H52Cl2/c1-19(2)20-11-15-28(5)17-18-29(6)21(25(20)28)9-10-24-30(29,7)16-13-23-27(3,4)14-12-22(26(32)33)31(23,24)8/h19-26H,9-18H2,1-8H3/t20-,21?,22?,23?,24?,25?,28-,29-,30-,31+/m1/s1. The molecule has 0 spiro atoms. The van der Waals surface area contributed by atoms with Crippen molar-refractivity contribution in [2.24, 2.45) is 68.5 Å². The molecule has 0 radical (unpaired) electrons. The summed E-state index contributed by atoms with van der Waals surface area (Å²) in [5, 5.41) is 0. The molecule has 5 saturated carbocycles. The number of fused-ring (bicyclic) bond motifs is 7. The van der Waals surface area contributed by atoms with Crippen molar-refractivity contribution in [3.05, 3.63) is 0 Å². The molecule has 190 valence electrons. The topological polar surface area (TPSA) is 0 Å². The molecule has 0 aromatic rings.